The Morgan fingerprint density at radius 2 is 2.00 bits per heavy atom. The Morgan fingerprint density at radius 1 is 1.35 bits per heavy atom. The average Bonchev–Trinajstić information content (AvgIpc) is 2.35. The van der Waals surface area contributed by atoms with Gasteiger partial charge in [-0.3, -0.25) is 9.69 Å². The number of nitrogens with zero attached hydrogens (tertiary/aromatic N) is 2. The highest BCUT2D eigenvalue weighted by molar-refractivity contribution is 6.05. The van der Waals surface area contributed by atoms with Gasteiger partial charge < -0.3 is 9.47 Å². The van der Waals surface area contributed by atoms with Gasteiger partial charge in [-0.15, -0.1) is 0 Å². The number of carbonyl (C=O) groups excluding carboxylic acids is 1. The molecule has 1 amide bonds. The van der Waals surface area contributed by atoms with Gasteiger partial charge in [0.1, 0.15) is 11.5 Å². The van der Waals surface area contributed by atoms with Crippen molar-refractivity contribution < 1.29 is 14.3 Å². The summed E-state index contributed by atoms with van der Waals surface area (Å²) in [5, 5.41) is 8.62. The summed E-state index contributed by atoms with van der Waals surface area (Å²) in [6, 6.07) is 5.02. The van der Waals surface area contributed by atoms with E-state index in [4.69, 9.17) is 14.7 Å². The fourth-order valence-electron chi connectivity index (χ4n) is 1.60. The van der Waals surface area contributed by atoms with Gasteiger partial charge in [-0.2, -0.15) is 5.26 Å². The molecule has 17 heavy (non-hydrogen) atoms. The van der Waals surface area contributed by atoms with Gasteiger partial charge in [-0.1, -0.05) is 0 Å². The zero-order valence-electron chi connectivity index (χ0n) is 10.3. The van der Waals surface area contributed by atoms with E-state index in [2.05, 4.69) is 0 Å². The standard InChI is InChI=1S/C12H14N2O3/c1-8-5-9(16-3)6-10(17-4)12(8)14(2)11(15)7-13/h5-6H,1-4H3. The third kappa shape index (κ3) is 2.48. The molecule has 5 nitrogen and oxygen atoms in total. The number of rotatable bonds is 3. The zero-order chi connectivity index (χ0) is 13.0. The smallest absolute Gasteiger partial charge is 0.329 e. The summed E-state index contributed by atoms with van der Waals surface area (Å²) in [5.74, 6) is 0.491. The van der Waals surface area contributed by atoms with Crippen molar-refractivity contribution in [3.05, 3.63) is 17.7 Å². The molecule has 5 heteroatoms. The first-order valence-electron chi connectivity index (χ1n) is 4.95. The van der Waals surface area contributed by atoms with Gasteiger partial charge in [0.15, 0.2) is 6.07 Å². The maximum Gasteiger partial charge on any atom is 0.329 e. The summed E-state index contributed by atoms with van der Waals surface area (Å²) in [7, 11) is 4.59. The Kier molecular flexibility index (Phi) is 3.94. The van der Waals surface area contributed by atoms with Crippen LogP contribution in [0, 0.1) is 18.3 Å². The molecular weight excluding hydrogens is 220 g/mol. The first kappa shape index (κ1) is 12.8. The second-order valence-electron chi connectivity index (χ2n) is 3.47. The highest BCUT2D eigenvalue weighted by Crippen LogP contribution is 2.35. The van der Waals surface area contributed by atoms with Crippen molar-refractivity contribution in [1.29, 1.82) is 5.26 Å². The fourth-order valence-corrected chi connectivity index (χ4v) is 1.60. The molecular formula is C12H14N2O3. The quantitative estimate of drug-likeness (QED) is 0.743. The molecule has 0 spiro atoms. The largest absolute Gasteiger partial charge is 0.497 e. The maximum absolute atomic E-state index is 11.4. The Labute approximate surface area is 100 Å². The van der Waals surface area contributed by atoms with Crippen LogP contribution in [0.4, 0.5) is 5.69 Å². The highest BCUT2D eigenvalue weighted by Gasteiger charge is 2.18. The van der Waals surface area contributed by atoms with Gasteiger partial charge in [0.05, 0.1) is 19.9 Å². The molecule has 1 rings (SSSR count). The molecule has 0 atom stereocenters. The van der Waals surface area contributed by atoms with Gasteiger partial charge in [0, 0.05) is 13.1 Å². The van der Waals surface area contributed by atoms with Crippen LogP contribution >= 0.6 is 0 Å². The minimum atomic E-state index is -0.642. The average molecular weight is 234 g/mol. The Balaban J connectivity index is 3.33. The number of anilines is 1. The van der Waals surface area contributed by atoms with E-state index in [0.29, 0.717) is 17.2 Å². The Bertz CT molecular complexity index is 477. The van der Waals surface area contributed by atoms with Crippen LogP contribution in [-0.2, 0) is 4.79 Å². The van der Waals surface area contributed by atoms with Crippen LogP contribution in [0.2, 0.25) is 0 Å². The normalized spacial score (nSPS) is 9.35. The molecule has 0 fully saturated rings. The van der Waals surface area contributed by atoms with E-state index in [-0.39, 0.29) is 0 Å². The monoisotopic (exact) mass is 234 g/mol. The van der Waals surface area contributed by atoms with Gasteiger partial charge in [0.25, 0.3) is 0 Å². The van der Waals surface area contributed by atoms with Crippen LogP contribution in [-0.4, -0.2) is 27.2 Å². The number of aryl methyl sites for hydroxylation is 1. The van der Waals surface area contributed by atoms with Gasteiger partial charge in [0.2, 0.25) is 0 Å². The molecule has 0 aliphatic carbocycles. The van der Waals surface area contributed by atoms with Crippen LogP contribution in [0.1, 0.15) is 5.56 Å². The van der Waals surface area contributed by atoms with Crippen molar-refractivity contribution in [2.24, 2.45) is 0 Å². The van der Waals surface area contributed by atoms with E-state index in [1.165, 1.54) is 19.1 Å². The van der Waals surface area contributed by atoms with Gasteiger partial charge in [-0.05, 0) is 18.6 Å². The summed E-state index contributed by atoms with van der Waals surface area (Å²) in [5.41, 5.74) is 1.37. The molecule has 0 aliphatic rings. The van der Waals surface area contributed by atoms with E-state index < -0.39 is 5.91 Å². The van der Waals surface area contributed by atoms with Crippen molar-refractivity contribution in [2.75, 3.05) is 26.2 Å². The van der Waals surface area contributed by atoms with Crippen LogP contribution in [0.3, 0.4) is 0 Å². The van der Waals surface area contributed by atoms with E-state index >= 15 is 0 Å². The highest BCUT2D eigenvalue weighted by atomic mass is 16.5. The number of carbonyl (C=O) groups is 1. The first-order chi connectivity index (χ1) is 8.04. The molecule has 0 heterocycles. The molecule has 0 aromatic heterocycles. The Hall–Kier alpha value is -2.22. The van der Waals surface area contributed by atoms with E-state index in [0.717, 1.165) is 5.56 Å². The summed E-state index contributed by atoms with van der Waals surface area (Å²) < 4.78 is 10.3. The number of methoxy groups -OCH3 is 2. The summed E-state index contributed by atoms with van der Waals surface area (Å²) >= 11 is 0. The second-order valence-corrected chi connectivity index (χ2v) is 3.47. The van der Waals surface area contributed by atoms with E-state index in [1.54, 1.807) is 25.3 Å². The van der Waals surface area contributed by atoms with Crippen LogP contribution in [0.5, 0.6) is 11.5 Å². The number of hydrogen-bond donors (Lipinski definition) is 0. The summed E-state index contributed by atoms with van der Waals surface area (Å²) in [6.45, 7) is 1.82. The maximum atomic E-state index is 11.4. The molecule has 1 aromatic rings. The molecule has 0 N–H and O–H groups in total. The number of amides is 1. The minimum Gasteiger partial charge on any atom is -0.497 e. The van der Waals surface area contributed by atoms with Crippen molar-refractivity contribution in [1.82, 2.24) is 0 Å². The van der Waals surface area contributed by atoms with Gasteiger partial charge >= 0.3 is 5.91 Å². The molecule has 1 aromatic carbocycles. The third-order valence-electron chi connectivity index (χ3n) is 2.43. The lowest BCUT2D eigenvalue weighted by atomic mass is 10.1. The predicted octanol–water partition coefficient (Wildman–Crippen LogP) is 1.50. The van der Waals surface area contributed by atoms with Crippen molar-refractivity contribution in [3.8, 4) is 17.6 Å². The predicted molar refractivity (Wildman–Crippen MR) is 63.3 cm³/mol. The van der Waals surface area contributed by atoms with E-state index in [1.807, 2.05) is 6.92 Å². The SMILES string of the molecule is COc1cc(C)c(N(C)C(=O)C#N)c(OC)c1. The summed E-state index contributed by atoms with van der Waals surface area (Å²) in [6.07, 6.45) is 0. The lowest BCUT2D eigenvalue weighted by Gasteiger charge is -2.20. The van der Waals surface area contributed by atoms with Crippen LogP contribution in [0.15, 0.2) is 12.1 Å². The lowest BCUT2D eigenvalue weighted by Crippen LogP contribution is -2.25. The van der Waals surface area contributed by atoms with Crippen molar-refractivity contribution in [2.45, 2.75) is 6.92 Å². The molecule has 90 valence electrons. The minimum absolute atomic E-state index is 0.493. The zero-order valence-corrected chi connectivity index (χ0v) is 10.3. The fraction of sp³-hybridized carbons (Fsp3) is 0.333. The molecule has 0 unspecified atom stereocenters. The number of hydrogen-bond acceptors (Lipinski definition) is 4. The van der Waals surface area contributed by atoms with Crippen LogP contribution < -0.4 is 14.4 Å². The first-order valence-corrected chi connectivity index (χ1v) is 4.95. The number of ether oxygens (including phenoxy) is 2. The molecule has 0 saturated carbocycles. The van der Waals surface area contributed by atoms with Crippen LogP contribution in [0.25, 0.3) is 0 Å². The number of nitriles is 1. The molecule has 0 bridgehead atoms. The number of benzene rings is 1. The van der Waals surface area contributed by atoms with Gasteiger partial charge in [-0.25, -0.2) is 0 Å². The summed E-state index contributed by atoms with van der Waals surface area (Å²) in [4.78, 5) is 12.6. The van der Waals surface area contributed by atoms with E-state index in [9.17, 15) is 4.79 Å². The second kappa shape index (κ2) is 5.21. The molecule has 0 saturated heterocycles. The van der Waals surface area contributed by atoms with Crippen molar-refractivity contribution in [3.63, 3.8) is 0 Å². The lowest BCUT2D eigenvalue weighted by molar-refractivity contribution is -0.113. The van der Waals surface area contributed by atoms with Crippen molar-refractivity contribution >= 4 is 11.6 Å². The Morgan fingerprint density at radius 3 is 2.47 bits per heavy atom. The molecule has 0 aliphatic heterocycles. The topological polar surface area (TPSA) is 62.6 Å². The molecule has 0 radical (unpaired) electrons. The third-order valence-corrected chi connectivity index (χ3v) is 2.43.